The molecule has 0 amide bonds. The smallest absolute Gasteiger partial charge is 0.253 e. The molecule has 0 bridgehead atoms. The van der Waals surface area contributed by atoms with Crippen molar-refractivity contribution in [3.05, 3.63) is 28.4 Å². The Morgan fingerprint density at radius 1 is 1.13 bits per heavy atom. The van der Waals surface area contributed by atoms with Crippen LogP contribution in [-0.4, -0.2) is 33.6 Å². The van der Waals surface area contributed by atoms with Crippen LogP contribution in [0.5, 0.6) is 0 Å². The molecular weight excluding hydrogens is 286 g/mol. The third-order valence-electron chi connectivity index (χ3n) is 5.69. The summed E-state index contributed by atoms with van der Waals surface area (Å²) in [6, 6.07) is 2.54. The quantitative estimate of drug-likeness (QED) is 0.854. The van der Waals surface area contributed by atoms with Crippen molar-refractivity contribution >= 4 is 0 Å². The van der Waals surface area contributed by atoms with E-state index in [0.29, 0.717) is 11.8 Å². The van der Waals surface area contributed by atoms with E-state index in [1.54, 1.807) is 12.4 Å². The van der Waals surface area contributed by atoms with Crippen LogP contribution < -0.4 is 5.56 Å². The van der Waals surface area contributed by atoms with Crippen molar-refractivity contribution in [3.8, 4) is 0 Å². The molecule has 4 heteroatoms. The Bertz CT molecular complexity index is 552. The van der Waals surface area contributed by atoms with Gasteiger partial charge in [-0.05, 0) is 50.6 Å². The summed E-state index contributed by atoms with van der Waals surface area (Å²) in [6.07, 6.45) is 11.2. The van der Waals surface area contributed by atoms with E-state index in [1.165, 1.54) is 58.0 Å². The van der Waals surface area contributed by atoms with Crippen LogP contribution in [0.1, 0.15) is 70.4 Å². The average Bonchev–Trinajstić information content (AvgIpc) is 2.58. The summed E-state index contributed by atoms with van der Waals surface area (Å²) >= 11 is 0. The molecule has 1 aliphatic heterocycles. The fourth-order valence-corrected chi connectivity index (χ4v) is 4.12. The molecule has 0 atom stereocenters. The number of aromatic nitrogens is 2. The second-order valence-electron chi connectivity index (χ2n) is 7.73. The van der Waals surface area contributed by atoms with Crippen LogP contribution in [0.15, 0.2) is 17.2 Å². The summed E-state index contributed by atoms with van der Waals surface area (Å²) in [5.41, 5.74) is 1.01. The van der Waals surface area contributed by atoms with Crippen LogP contribution in [0.2, 0.25) is 0 Å². The lowest BCUT2D eigenvalue weighted by molar-refractivity contribution is 0.101. The Balaban J connectivity index is 1.53. The van der Waals surface area contributed by atoms with Crippen molar-refractivity contribution in [2.45, 2.75) is 77.3 Å². The van der Waals surface area contributed by atoms with Crippen LogP contribution in [-0.2, 0) is 6.54 Å². The minimum atomic E-state index is 0.110. The minimum absolute atomic E-state index is 0.110. The lowest BCUT2D eigenvalue weighted by Crippen LogP contribution is -2.43. The second kappa shape index (κ2) is 7.61. The number of rotatable bonds is 4. The molecule has 2 heterocycles. The number of nitrogens with zero attached hydrogens (tertiary/aromatic N) is 3. The highest BCUT2D eigenvalue weighted by atomic mass is 16.1. The molecule has 3 rings (SSSR count). The van der Waals surface area contributed by atoms with Crippen molar-refractivity contribution in [1.82, 2.24) is 14.5 Å². The van der Waals surface area contributed by atoms with Gasteiger partial charge in [0.05, 0.1) is 12.0 Å². The molecular formula is C19H31N3O. The van der Waals surface area contributed by atoms with Crippen molar-refractivity contribution in [3.63, 3.8) is 0 Å². The van der Waals surface area contributed by atoms with Crippen LogP contribution in [0.25, 0.3) is 0 Å². The molecule has 1 aromatic heterocycles. The molecule has 0 radical (unpaired) electrons. The molecule has 1 saturated carbocycles. The van der Waals surface area contributed by atoms with E-state index in [0.717, 1.165) is 18.3 Å². The lowest BCUT2D eigenvalue weighted by Gasteiger charge is -2.39. The molecule has 0 spiro atoms. The number of likely N-dealkylation sites (tertiary alicyclic amines) is 1. The first-order valence-electron chi connectivity index (χ1n) is 9.44. The molecule has 1 aromatic rings. The fraction of sp³-hybridized carbons (Fsp3) is 0.789. The molecule has 23 heavy (non-hydrogen) atoms. The summed E-state index contributed by atoms with van der Waals surface area (Å²) < 4.78 is 1.81. The second-order valence-corrected chi connectivity index (χ2v) is 7.73. The van der Waals surface area contributed by atoms with Gasteiger partial charge in [-0.15, -0.1) is 0 Å². The first-order valence-corrected chi connectivity index (χ1v) is 9.44. The Hall–Kier alpha value is -1.16. The van der Waals surface area contributed by atoms with Gasteiger partial charge in [0.2, 0.25) is 0 Å². The number of piperidine rings is 1. The van der Waals surface area contributed by atoms with Gasteiger partial charge < -0.3 is 4.90 Å². The molecule has 0 N–H and O–H groups in total. The van der Waals surface area contributed by atoms with Gasteiger partial charge in [0.15, 0.2) is 0 Å². The van der Waals surface area contributed by atoms with E-state index < -0.39 is 0 Å². The van der Waals surface area contributed by atoms with Gasteiger partial charge in [-0.3, -0.25) is 9.36 Å². The lowest BCUT2D eigenvalue weighted by atomic mass is 9.90. The molecule has 2 aliphatic rings. The molecule has 1 saturated heterocycles. The maximum atomic E-state index is 12.2. The van der Waals surface area contributed by atoms with Crippen molar-refractivity contribution in [1.29, 1.82) is 0 Å². The van der Waals surface area contributed by atoms with Crippen LogP contribution >= 0.6 is 0 Å². The standard InChI is InChI=1S/C19H31N3O/c1-15(2)18-12-19(23)22(14-20-18)13-16-8-10-21(11-9-16)17-6-4-3-5-7-17/h12,14-17H,3-11,13H2,1-2H3. The molecule has 4 nitrogen and oxygen atoms in total. The molecule has 2 fully saturated rings. The fourth-order valence-electron chi connectivity index (χ4n) is 4.12. The first-order chi connectivity index (χ1) is 11.1. The Labute approximate surface area is 139 Å². The third-order valence-corrected chi connectivity index (χ3v) is 5.69. The Kier molecular flexibility index (Phi) is 5.52. The van der Waals surface area contributed by atoms with E-state index in [1.807, 2.05) is 4.57 Å². The summed E-state index contributed by atoms with van der Waals surface area (Å²) in [6.45, 7) is 7.41. The molecule has 0 unspecified atom stereocenters. The zero-order valence-electron chi connectivity index (χ0n) is 14.7. The third kappa shape index (κ3) is 4.23. The molecule has 1 aliphatic carbocycles. The maximum Gasteiger partial charge on any atom is 0.253 e. The highest BCUT2D eigenvalue weighted by molar-refractivity contribution is 5.04. The zero-order chi connectivity index (χ0) is 16.2. The summed E-state index contributed by atoms with van der Waals surface area (Å²) in [5, 5.41) is 0. The van der Waals surface area contributed by atoms with E-state index >= 15 is 0 Å². The van der Waals surface area contributed by atoms with Gasteiger partial charge in [0.25, 0.3) is 5.56 Å². The average molecular weight is 317 g/mol. The topological polar surface area (TPSA) is 38.1 Å². The SMILES string of the molecule is CC(C)c1cc(=O)n(CC2CCN(C3CCCCC3)CC2)cn1. The Morgan fingerprint density at radius 3 is 2.43 bits per heavy atom. The molecule has 0 aromatic carbocycles. The summed E-state index contributed by atoms with van der Waals surface area (Å²) in [5.74, 6) is 0.940. The maximum absolute atomic E-state index is 12.2. The van der Waals surface area contributed by atoms with E-state index in [-0.39, 0.29) is 5.56 Å². The Morgan fingerprint density at radius 2 is 1.83 bits per heavy atom. The zero-order valence-corrected chi connectivity index (χ0v) is 14.7. The van der Waals surface area contributed by atoms with Crippen molar-refractivity contribution in [2.24, 2.45) is 5.92 Å². The summed E-state index contributed by atoms with van der Waals surface area (Å²) in [4.78, 5) is 19.4. The van der Waals surface area contributed by atoms with Gasteiger partial charge in [-0.1, -0.05) is 33.1 Å². The first kappa shape index (κ1) is 16.7. The van der Waals surface area contributed by atoms with E-state index in [4.69, 9.17) is 0 Å². The number of hydrogen-bond acceptors (Lipinski definition) is 3. The van der Waals surface area contributed by atoms with Gasteiger partial charge in [-0.2, -0.15) is 0 Å². The van der Waals surface area contributed by atoms with Crippen LogP contribution in [0.4, 0.5) is 0 Å². The minimum Gasteiger partial charge on any atom is -0.300 e. The van der Waals surface area contributed by atoms with E-state index in [9.17, 15) is 4.79 Å². The van der Waals surface area contributed by atoms with Gasteiger partial charge in [-0.25, -0.2) is 4.98 Å². The normalized spacial score (nSPS) is 21.9. The number of hydrogen-bond donors (Lipinski definition) is 0. The largest absolute Gasteiger partial charge is 0.300 e. The van der Waals surface area contributed by atoms with Crippen molar-refractivity contribution < 1.29 is 0 Å². The van der Waals surface area contributed by atoms with Crippen LogP contribution in [0, 0.1) is 5.92 Å². The van der Waals surface area contributed by atoms with Gasteiger partial charge in [0.1, 0.15) is 0 Å². The molecule has 128 valence electrons. The van der Waals surface area contributed by atoms with Gasteiger partial charge in [0, 0.05) is 18.7 Å². The highest BCUT2D eigenvalue weighted by Crippen LogP contribution is 2.27. The van der Waals surface area contributed by atoms with Gasteiger partial charge >= 0.3 is 0 Å². The monoisotopic (exact) mass is 317 g/mol. The van der Waals surface area contributed by atoms with Crippen LogP contribution in [0.3, 0.4) is 0 Å². The predicted molar refractivity (Wildman–Crippen MR) is 93.8 cm³/mol. The van der Waals surface area contributed by atoms with E-state index in [2.05, 4.69) is 23.7 Å². The highest BCUT2D eigenvalue weighted by Gasteiger charge is 2.26. The predicted octanol–water partition coefficient (Wildman–Crippen LogP) is 3.41. The summed E-state index contributed by atoms with van der Waals surface area (Å²) in [7, 11) is 0. The van der Waals surface area contributed by atoms with Crippen molar-refractivity contribution in [2.75, 3.05) is 13.1 Å².